The summed E-state index contributed by atoms with van der Waals surface area (Å²) in [5.74, 6) is 0.408. The van der Waals surface area contributed by atoms with E-state index in [1.54, 1.807) is 11.2 Å². The SMILES string of the molecule is CSc1ncc(C#N)c(N=CN(C)C)n1. The Morgan fingerprint density at radius 2 is 2.33 bits per heavy atom. The Bertz CT molecular complexity index is 407. The molecule has 0 spiro atoms. The topological polar surface area (TPSA) is 65.2 Å². The molecule has 0 saturated carbocycles. The molecule has 0 unspecified atom stereocenters. The number of thioether (sulfide) groups is 1. The molecule has 0 aliphatic heterocycles. The first-order valence-electron chi connectivity index (χ1n) is 4.19. The van der Waals surface area contributed by atoms with Crippen LogP contribution in [0.5, 0.6) is 0 Å². The van der Waals surface area contributed by atoms with Gasteiger partial charge in [0.15, 0.2) is 11.0 Å². The highest BCUT2D eigenvalue weighted by molar-refractivity contribution is 7.98. The van der Waals surface area contributed by atoms with Crippen molar-refractivity contribution < 1.29 is 0 Å². The fourth-order valence-electron chi connectivity index (χ4n) is 0.803. The van der Waals surface area contributed by atoms with E-state index >= 15 is 0 Å². The highest BCUT2D eigenvalue weighted by Crippen LogP contribution is 2.17. The molecular weight excluding hydrogens is 210 g/mol. The van der Waals surface area contributed by atoms with Crippen molar-refractivity contribution in [2.45, 2.75) is 5.16 Å². The summed E-state index contributed by atoms with van der Waals surface area (Å²) in [5, 5.41) is 9.43. The molecule has 15 heavy (non-hydrogen) atoms. The van der Waals surface area contributed by atoms with E-state index in [0.29, 0.717) is 16.5 Å². The zero-order valence-electron chi connectivity index (χ0n) is 8.80. The van der Waals surface area contributed by atoms with Crippen LogP contribution in [-0.2, 0) is 0 Å². The molecule has 0 aliphatic carbocycles. The number of aliphatic imine (C=N–C) groups is 1. The minimum absolute atomic E-state index is 0.380. The van der Waals surface area contributed by atoms with Gasteiger partial charge in [0.05, 0.1) is 12.5 Å². The zero-order chi connectivity index (χ0) is 11.3. The van der Waals surface area contributed by atoms with Crippen molar-refractivity contribution in [1.29, 1.82) is 5.26 Å². The van der Waals surface area contributed by atoms with Crippen LogP contribution in [0.4, 0.5) is 5.82 Å². The van der Waals surface area contributed by atoms with Gasteiger partial charge in [-0.2, -0.15) is 5.26 Å². The van der Waals surface area contributed by atoms with E-state index in [0.717, 1.165) is 0 Å². The van der Waals surface area contributed by atoms with Crippen molar-refractivity contribution >= 4 is 23.9 Å². The second-order valence-electron chi connectivity index (χ2n) is 2.91. The Morgan fingerprint density at radius 3 is 2.87 bits per heavy atom. The molecule has 0 saturated heterocycles. The minimum Gasteiger partial charge on any atom is -0.369 e. The molecule has 1 aromatic rings. The van der Waals surface area contributed by atoms with Gasteiger partial charge in [0.1, 0.15) is 11.6 Å². The summed E-state index contributed by atoms with van der Waals surface area (Å²) < 4.78 is 0. The van der Waals surface area contributed by atoms with E-state index in [-0.39, 0.29) is 0 Å². The van der Waals surface area contributed by atoms with Crippen molar-refractivity contribution in [2.75, 3.05) is 20.4 Å². The molecule has 0 fully saturated rings. The lowest BCUT2D eigenvalue weighted by Gasteiger charge is -2.03. The monoisotopic (exact) mass is 221 g/mol. The Balaban J connectivity index is 3.08. The van der Waals surface area contributed by atoms with Crippen LogP contribution in [0.1, 0.15) is 5.56 Å². The summed E-state index contributed by atoms with van der Waals surface area (Å²) in [6.07, 6.45) is 4.97. The van der Waals surface area contributed by atoms with Gasteiger partial charge in [-0.1, -0.05) is 11.8 Å². The van der Waals surface area contributed by atoms with Crippen LogP contribution in [0.3, 0.4) is 0 Å². The average molecular weight is 221 g/mol. The van der Waals surface area contributed by atoms with Crippen molar-refractivity contribution in [3.63, 3.8) is 0 Å². The van der Waals surface area contributed by atoms with Crippen LogP contribution in [-0.4, -0.2) is 41.6 Å². The molecule has 0 aromatic carbocycles. The van der Waals surface area contributed by atoms with Crippen LogP contribution < -0.4 is 0 Å². The van der Waals surface area contributed by atoms with Gasteiger partial charge >= 0.3 is 0 Å². The molecule has 1 rings (SSSR count). The van der Waals surface area contributed by atoms with Crippen molar-refractivity contribution in [3.05, 3.63) is 11.8 Å². The second kappa shape index (κ2) is 5.32. The molecule has 0 amide bonds. The van der Waals surface area contributed by atoms with Crippen LogP contribution in [0.15, 0.2) is 16.3 Å². The maximum atomic E-state index is 8.82. The summed E-state index contributed by atoms with van der Waals surface area (Å²) in [5.41, 5.74) is 0.380. The first-order valence-corrected chi connectivity index (χ1v) is 5.41. The van der Waals surface area contributed by atoms with Gasteiger partial charge in [0.25, 0.3) is 0 Å². The minimum atomic E-state index is 0.380. The van der Waals surface area contributed by atoms with Gasteiger partial charge in [0, 0.05) is 14.1 Å². The lowest BCUT2D eigenvalue weighted by molar-refractivity contribution is 0.642. The number of nitriles is 1. The largest absolute Gasteiger partial charge is 0.369 e. The third kappa shape index (κ3) is 3.22. The third-order valence-electron chi connectivity index (χ3n) is 1.46. The quantitative estimate of drug-likeness (QED) is 0.333. The van der Waals surface area contributed by atoms with E-state index in [4.69, 9.17) is 5.26 Å². The van der Waals surface area contributed by atoms with Gasteiger partial charge in [-0.15, -0.1) is 0 Å². The first kappa shape index (κ1) is 11.5. The summed E-state index contributed by atoms with van der Waals surface area (Å²) in [7, 11) is 3.71. The van der Waals surface area contributed by atoms with E-state index in [1.165, 1.54) is 18.0 Å². The maximum absolute atomic E-state index is 8.82. The van der Waals surface area contributed by atoms with Crippen molar-refractivity contribution in [2.24, 2.45) is 4.99 Å². The van der Waals surface area contributed by atoms with Gasteiger partial charge in [0.2, 0.25) is 0 Å². The standard InChI is InChI=1S/C9H11N5S/c1-14(2)6-12-8-7(4-10)5-11-9(13-8)15-3/h5-6H,1-3H3. The van der Waals surface area contributed by atoms with Crippen LogP contribution in [0, 0.1) is 11.3 Å². The molecule has 1 heterocycles. The highest BCUT2D eigenvalue weighted by Gasteiger charge is 2.04. The van der Waals surface area contributed by atoms with Crippen molar-refractivity contribution in [1.82, 2.24) is 14.9 Å². The summed E-state index contributed by atoms with van der Waals surface area (Å²) in [6.45, 7) is 0. The Hall–Kier alpha value is -1.61. The highest BCUT2D eigenvalue weighted by atomic mass is 32.2. The lowest BCUT2D eigenvalue weighted by atomic mass is 10.3. The van der Waals surface area contributed by atoms with E-state index < -0.39 is 0 Å². The van der Waals surface area contributed by atoms with Crippen molar-refractivity contribution in [3.8, 4) is 6.07 Å². The summed E-state index contributed by atoms with van der Waals surface area (Å²) >= 11 is 1.42. The number of hydrogen-bond acceptors (Lipinski definition) is 5. The number of nitrogens with zero attached hydrogens (tertiary/aromatic N) is 5. The molecule has 0 atom stereocenters. The molecular formula is C9H11N5S. The third-order valence-corrected chi connectivity index (χ3v) is 2.02. The Morgan fingerprint density at radius 1 is 1.60 bits per heavy atom. The molecule has 6 heteroatoms. The lowest BCUT2D eigenvalue weighted by Crippen LogP contribution is -2.07. The predicted molar refractivity (Wildman–Crippen MR) is 60.4 cm³/mol. The molecule has 0 N–H and O–H groups in total. The molecule has 1 aromatic heterocycles. The van der Waals surface area contributed by atoms with E-state index in [2.05, 4.69) is 15.0 Å². The fourth-order valence-corrected chi connectivity index (χ4v) is 1.14. The van der Waals surface area contributed by atoms with E-state index in [1.807, 2.05) is 26.4 Å². The molecule has 0 bridgehead atoms. The zero-order valence-corrected chi connectivity index (χ0v) is 9.62. The predicted octanol–water partition coefficient (Wildman–Crippen LogP) is 1.29. The number of rotatable bonds is 3. The van der Waals surface area contributed by atoms with Gasteiger partial charge in [-0.05, 0) is 6.26 Å². The van der Waals surface area contributed by atoms with Crippen LogP contribution in [0.2, 0.25) is 0 Å². The van der Waals surface area contributed by atoms with E-state index in [9.17, 15) is 0 Å². The Labute approximate surface area is 92.9 Å². The van der Waals surface area contributed by atoms with Gasteiger partial charge < -0.3 is 4.90 Å². The molecule has 0 aliphatic rings. The second-order valence-corrected chi connectivity index (χ2v) is 3.69. The summed E-state index contributed by atoms with van der Waals surface area (Å²) in [6, 6.07) is 2.00. The maximum Gasteiger partial charge on any atom is 0.189 e. The number of aromatic nitrogens is 2. The smallest absolute Gasteiger partial charge is 0.189 e. The van der Waals surface area contributed by atoms with Crippen LogP contribution in [0.25, 0.3) is 0 Å². The fraction of sp³-hybridized carbons (Fsp3) is 0.333. The van der Waals surface area contributed by atoms with Gasteiger partial charge in [-0.25, -0.2) is 15.0 Å². The normalized spacial score (nSPS) is 10.3. The average Bonchev–Trinajstić information content (AvgIpc) is 2.25. The molecule has 5 nitrogen and oxygen atoms in total. The summed E-state index contributed by atoms with van der Waals surface area (Å²) in [4.78, 5) is 14.0. The van der Waals surface area contributed by atoms with Gasteiger partial charge in [-0.3, -0.25) is 0 Å². The molecule has 0 radical (unpaired) electrons. The Kier molecular flexibility index (Phi) is 4.06. The number of hydrogen-bond donors (Lipinski definition) is 0. The molecule has 78 valence electrons. The first-order chi connectivity index (χ1) is 7.17. The van der Waals surface area contributed by atoms with Crippen LogP contribution >= 0.6 is 11.8 Å².